The van der Waals surface area contributed by atoms with E-state index in [9.17, 15) is 5.11 Å². The van der Waals surface area contributed by atoms with Crippen LogP contribution in [0.3, 0.4) is 0 Å². The Balaban J connectivity index is 2.17. The highest BCUT2D eigenvalue weighted by Gasteiger charge is 2.07. The number of fused-ring (bicyclic) bond motifs is 1. The molecule has 0 aliphatic heterocycles. The maximum Gasteiger partial charge on any atom is 0.122 e. The second-order valence-electron chi connectivity index (χ2n) is 4.88. The Morgan fingerprint density at radius 2 is 1.65 bits per heavy atom. The van der Waals surface area contributed by atoms with E-state index in [0.29, 0.717) is 5.75 Å². The molecule has 0 heterocycles. The van der Waals surface area contributed by atoms with E-state index in [0.717, 1.165) is 27.6 Å². The molecule has 0 fully saturated rings. The lowest BCUT2D eigenvalue weighted by Gasteiger charge is -2.11. The fraction of sp³-hybridized carbons (Fsp3) is 0.111. The van der Waals surface area contributed by atoms with Gasteiger partial charge in [0.1, 0.15) is 11.5 Å². The van der Waals surface area contributed by atoms with Crippen molar-refractivity contribution in [1.82, 2.24) is 0 Å². The molecule has 2 nitrogen and oxygen atoms in total. The number of hydrogen-bond acceptors (Lipinski definition) is 2. The molecule has 0 bridgehead atoms. The lowest BCUT2D eigenvalue weighted by atomic mass is 9.97. The first-order valence-electron chi connectivity index (χ1n) is 6.56. The Morgan fingerprint density at radius 3 is 2.45 bits per heavy atom. The van der Waals surface area contributed by atoms with Crippen molar-refractivity contribution in [3.05, 3.63) is 60.2 Å². The van der Waals surface area contributed by atoms with Gasteiger partial charge in [0.15, 0.2) is 0 Å². The van der Waals surface area contributed by atoms with Gasteiger partial charge in [-0.2, -0.15) is 0 Å². The molecule has 0 atom stereocenters. The highest BCUT2D eigenvalue weighted by molar-refractivity contribution is 5.89. The van der Waals surface area contributed by atoms with Crippen molar-refractivity contribution in [1.29, 1.82) is 0 Å². The minimum atomic E-state index is 0.294. The molecule has 0 aromatic heterocycles. The topological polar surface area (TPSA) is 29.5 Å². The number of ether oxygens (including phenoxy) is 1. The van der Waals surface area contributed by atoms with Crippen molar-refractivity contribution in [3.8, 4) is 22.6 Å². The lowest BCUT2D eigenvalue weighted by Crippen LogP contribution is -1.90. The maximum absolute atomic E-state index is 9.51. The maximum atomic E-state index is 9.51. The summed E-state index contributed by atoms with van der Waals surface area (Å²) in [4.78, 5) is 0. The van der Waals surface area contributed by atoms with E-state index < -0.39 is 0 Å². The van der Waals surface area contributed by atoms with Crippen LogP contribution in [0.25, 0.3) is 21.9 Å². The van der Waals surface area contributed by atoms with Gasteiger partial charge in [-0.3, -0.25) is 0 Å². The van der Waals surface area contributed by atoms with E-state index in [2.05, 4.69) is 25.1 Å². The van der Waals surface area contributed by atoms with Crippen LogP contribution in [0.4, 0.5) is 0 Å². The zero-order chi connectivity index (χ0) is 14.1. The van der Waals surface area contributed by atoms with Crippen molar-refractivity contribution in [2.24, 2.45) is 0 Å². The third-order valence-corrected chi connectivity index (χ3v) is 3.64. The van der Waals surface area contributed by atoms with Crippen molar-refractivity contribution in [2.45, 2.75) is 6.92 Å². The number of aromatic hydroxyl groups is 1. The van der Waals surface area contributed by atoms with Crippen LogP contribution < -0.4 is 4.74 Å². The number of methoxy groups -OCH3 is 1. The third kappa shape index (κ3) is 2.10. The zero-order valence-corrected chi connectivity index (χ0v) is 11.6. The van der Waals surface area contributed by atoms with Gasteiger partial charge in [-0.25, -0.2) is 0 Å². The van der Waals surface area contributed by atoms with E-state index in [1.165, 1.54) is 5.56 Å². The van der Waals surface area contributed by atoms with Crippen molar-refractivity contribution in [3.63, 3.8) is 0 Å². The Labute approximate surface area is 118 Å². The first-order valence-corrected chi connectivity index (χ1v) is 6.56. The molecule has 2 heteroatoms. The molecule has 0 radical (unpaired) electrons. The molecule has 20 heavy (non-hydrogen) atoms. The second kappa shape index (κ2) is 4.89. The van der Waals surface area contributed by atoms with Crippen molar-refractivity contribution < 1.29 is 9.84 Å². The minimum absolute atomic E-state index is 0.294. The minimum Gasteiger partial charge on any atom is -0.508 e. The summed E-state index contributed by atoms with van der Waals surface area (Å²) >= 11 is 0. The van der Waals surface area contributed by atoms with Gasteiger partial charge in [-0.05, 0) is 58.7 Å². The Morgan fingerprint density at radius 1 is 0.900 bits per heavy atom. The van der Waals surface area contributed by atoms with E-state index in [-0.39, 0.29) is 0 Å². The fourth-order valence-electron chi connectivity index (χ4n) is 2.55. The smallest absolute Gasteiger partial charge is 0.122 e. The van der Waals surface area contributed by atoms with Crippen LogP contribution in [-0.4, -0.2) is 12.2 Å². The van der Waals surface area contributed by atoms with Crippen LogP contribution in [0, 0.1) is 6.92 Å². The molecule has 0 saturated carbocycles. The fourth-order valence-corrected chi connectivity index (χ4v) is 2.55. The Kier molecular flexibility index (Phi) is 3.07. The van der Waals surface area contributed by atoms with Crippen LogP contribution in [0.15, 0.2) is 54.6 Å². The molecular formula is C18H16O2. The Hall–Kier alpha value is -2.48. The first kappa shape index (κ1) is 12.5. The average molecular weight is 264 g/mol. The number of hydrogen-bond donors (Lipinski definition) is 1. The molecule has 0 amide bonds. The van der Waals surface area contributed by atoms with Crippen molar-refractivity contribution >= 4 is 10.8 Å². The first-order chi connectivity index (χ1) is 9.69. The van der Waals surface area contributed by atoms with Crippen LogP contribution in [0.5, 0.6) is 11.5 Å². The van der Waals surface area contributed by atoms with Gasteiger partial charge in [0, 0.05) is 0 Å². The summed E-state index contributed by atoms with van der Waals surface area (Å²) in [6.45, 7) is 2.06. The molecule has 1 N–H and O–H groups in total. The summed E-state index contributed by atoms with van der Waals surface area (Å²) in [7, 11) is 1.69. The quantitative estimate of drug-likeness (QED) is 0.737. The van der Waals surface area contributed by atoms with Crippen molar-refractivity contribution in [2.75, 3.05) is 7.11 Å². The van der Waals surface area contributed by atoms with Crippen LogP contribution in [-0.2, 0) is 0 Å². The van der Waals surface area contributed by atoms with Crippen LogP contribution >= 0.6 is 0 Å². The molecule has 0 saturated heterocycles. The van der Waals surface area contributed by atoms with Gasteiger partial charge in [0.2, 0.25) is 0 Å². The zero-order valence-electron chi connectivity index (χ0n) is 11.6. The van der Waals surface area contributed by atoms with E-state index in [1.807, 2.05) is 24.3 Å². The van der Waals surface area contributed by atoms with Crippen LogP contribution in [0.1, 0.15) is 5.56 Å². The molecule has 3 rings (SSSR count). The number of phenolic OH excluding ortho intramolecular Hbond substituents is 1. The largest absolute Gasteiger partial charge is 0.508 e. The summed E-state index contributed by atoms with van der Waals surface area (Å²) in [6.07, 6.45) is 0. The molecule has 3 aromatic carbocycles. The van der Waals surface area contributed by atoms with Gasteiger partial charge >= 0.3 is 0 Å². The van der Waals surface area contributed by atoms with E-state index in [1.54, 1.807) is 19.2 Å². The third-order valence-electron chi connectivity index (χ3n) is 3.64. The van der Waals surface area contributed by atoms with Gasteiger partial charge in [-0.15, -0.1) is 0 Å². The summed E-state index contributed by atoms with van der Waals surface area (Å²) in [5.41, 5.74) is 3.45. The highest BCUT2D eigenvalue weighted by Crippen LogP contribution is 2.32. The van der Waals surface area contributed by atoms with Gasteiger partial charge in [-0.1, -0.05) is 30.3 Å². The molecule has 0 unspecified atom stereocenters. The molecule has 0 spiro atoms. The second-order valence-corrected chi connectivity index (χ2v) is 4.88. The summed E-state index contributed by atoms with van der Waals surface area (Å²) in [5.74, 6) is 1.19. The molecular weight excluding hydrogens is 248 g/mol. The SMILES string of the molecule is COc1cccc(-c2ccc3cc(O)ccc3c2)c1C. The van der Waals surface area contributed by atoms with Gasteiger partial charge < -0.3 is 9.84 Å². The van der Waals surface area contributed by atoms with E-state index >= 15 is 0 Å². The predicted molar refractivity (Wildman–Crippen MR) is 82.3 cm³/mol. The standard InChI is InChI=1S/C18H16O2/c1-12-17(4-3-5-18(12)20-2)15-7-6-14-11-16(19)9-8-13(14)10-15/h3-11,19H,1-2H3. The highest BCUT2D eigenvalue weighted by atomic mass is 16.5. The molecule has 100 valence electrons. The summed E-state index contributed by atoms with van der Waals surface area (Å²) < 4.78 is 5.38. The molecule has 0 aliphatic rings. The number of rotatable bonds is 2. The number of phenols is 1. The Bertz CT molecular complexity index is 775. The summed E-state index contributed by atoms with van der Waals surface area (Å²) in [5, 5.41) is 11.7. The van der Waals surface area contributed by atoms with Crippen LogP contribution in [0.2, 0.25) is 0 Å². The predicted octanol–water partition coefficient (Wildman–Crippen LogP) is 4.53. The monoisotopic (exact) mass is 264 g/mol. The number of benzene rings is 3. The molecule has 0 aliphatic carbocycles. The van der Waals surface area contributed by atoms with Gasteiger partial charge in [0.25, 0.3) is 0 Å². The lowest BCUT2D eigenvalue weighted by molar-refractivity contribution is 0.412. The van der Waals surface area contributed by atoms with E-state index in [4.69, 9.17) is 4.74 Å². The average Bonchev–Trinajstić information content (AvgIpc) is 2.47. The van der Waals surface area contributed by atoms with Gasteiger partial charge in [0.05, 0.1) is 7.11 Å². The normalized spacial score (nSPS) is 10.7. The summed E-state index contributed by atoms with van der Waals surface area (Å²) in [6, 6.07) is 17.7. The molecule has 3 aromatic rings.